The molecule has 0 saturated heterocycles. The summed E-state index contributed by atoms with van der Waals surface area (Å²) in [6.45, 7) is 6.66. The maximum atomic E-state index is 17.1. The van der Waals surface area contributed by atoms with Crippen molar-refractivity contribution in [1.29, 1.82) is 0 Å². The summed E-state index contributed by atoms with van der Waals surface area (Å²) < 4.78 is 38.3. The lowest BCUT2D eigenvalue weighted by Crippen LogP contribution is -2.67. The molecule has 0 aliphatic heterocycles. The number of esters is 1. The Labute approximate surface area is 192 Å². The molecule has 0 amide bonds. The second-order valence-corrected chi connectivity index (χ2v) is 10.8. The molecule has 4 aliphatic rings. The van der Waals surface area contributed by atoms with Crippen molar-refractivity contribution in [3.63, 3.8) is 0 Å². The van der Waals surface area contributed by atoms with Gasteiger partial charge < -0.3 is 9.84 Å². The molecule has 8 atom stereocenters. The lowest BCUT2D eigenvalue weighted by Gasteiger charge is -2.61. The highest BCUT2D eigenvalue weighted by Crippen LogP contribution is 2.71. The molecule has 3 fully saturated rings. The molecular weight excluding hydrogens is 438 g/mol. The standard InChI is InChI=1S/C24H30F2O5S/c1-5-19(29)31-24(20(30)32)12(2)8-14-15-11-17(25)16-9-13(27)10-18(28)22(16,4)23(15,26)7-6-21(14,24)3/h9-10,12,14-15,17,27H,5-8,11H2,1-4H3,(H,30,32)/t12?,14-,15-,17?,21-,22+,23+,24?/m0/s1. The molecule has 0 heterocycles. The van der Waals surface area contributed by atoms with E-state index in [1.54, 1.807) is 13.8 Å². The fourth-order valence-electron chi connectivity index (χ4n) is 7.47. The van der Waals surface area contributed by atoms with E-state index in [9.17, 15) is 19.5 Å². The quantitative estimate of drug-likeness (QED) is 0.467. The number of aliphatic hydroxyl groups excluding tert-OH is 1. The predicted molar refractivity (Wildman–Crippen MR) is 116 cm³/mol. The fraction of sp³-hybridized carbons (Fsp3) is 0.708. The third kappa shape index (κ3) is 2.59. The number of hydrogen-bond donors (Lipinski definition) is 2. The molecule has 4 aliphatic carbocycles. The summed E-state index contributed by atoms with van der Waals surface area (Å²) in [4.78, 5) is 38.2. The number of hydrogen-bond acceptors (Lipinski definition) is 5. The molecular formula is C24H30F2O5S. The van der Waals surface area contributed by atoms with Crippen LogP contribution in [0.4, 0.5) is 8.78 Å². The van der Waals surface area contributed by atoms with E-state index in [0.29, 0.717) is 6.42 Å². The van der Waals surface area contributed by atoms with Gasteiger partial charge in [0.25, 0.3) is 0 Å². The van der Waals surface area contributed by atoms with Crippen LogP contribution in [0.15, 0.2) is 23.5 Å². The van der Waals surface area contributed by atoms with Gasteiger partial charge in [-0.1, -0.05) is 20.8 Å². The predicted octanol–water partition coefficient (Wildman–Crippen LogP) is 4.61. The van der Waals surface area contributed by atoms with E-state index in [1.807, 2.05) is 6.92 Å². The summed E-state index contributed by atoms with van der Waals surface area (Å²) in [5.74, 6) is -3.33. The summed E-state index contributed by atoms with van der Waals surface area (Å²) in [5, 5.41) is 9.29. The number of aliphatic hydroxyl groups is 1. The fourth-order valence-corrected chi connectivity index (χ4v) is 8.00. The van der Waals surface area contributed by atoms with Crippen molar-refractivity contribution in [2.24, 2.45) is 28.6 Å². The lowest BCUT2D eigenvalue weighted by atomic mass is 9.44. The molecule has 8 heteroatoms. The Morgan fingerprint density at radius 3 is 2.47 bits per heavy atom. The molecule has 0 aromatic heterocycles. The number of ether oxygens (including phenoxy) is 1. The van der Waals surface area contributed by atoms with E-state index in [0.717, 1.165) is 6.08 Å². The Bertz CT molecular complexity index is 962. The van der Waals surface area contributed by atoms with Crippen molar-refractivity contribution in [1.82, 2.24) is 0 Å². The normalized spacial score (nSPS) is 47.5. The Kier molecular flexibility index (Phi) is 5.24. The molecule has 0 bridgehead atoms. The maximum Gasteiger partial charge on any atom is 0.306 e. The first-order chi connectivity index (χ1) is 14.8. The average molecular weight is 469 g/mol. The molecule has 0 spiro atoms. The van der Waals surface area contributed by atoms with E-state index >= 15 is 8.78 Å². The van der Waals surface area contributed by atoms with Crippen LogP contribution < -0.4 is 0 Å². The molecule has 4 rings (SSSR count). The largest absolute Gasteiger partial charge is 0.508 e. The van der Waals surface area contributed by atoms with Gasteiger partial charge in [-0.2, -0.15) is 0 Å². The van der Waals surface area contributed by atoms with Crippen LogP contribution >= 0.6 is 12.6 Å². The zero-order chi connectivity index (χ0) is 23.9. The summed E-state index contributed by atoms with van der Waals surface area (Å²) in [7, 11) is 0. The molecule has 0 aromatic carbocycles. The van der Waals surface area contributed by atoms with Gasteiger partial charge in [-0.25, -0.2) is 8.78 Å². The van der Waals surface area contributed by atoms with E-state index in [4.69, 9.17) is 4.74 Å². The van der Waals surface area contributed by atoms with Gasteiger partial charge in [-0.05, 0) is 50.2 Å². The van der Waals surface area contributed by atoms with Crippen molar-refractivity contribution in [3.05, 3.63) is 23.5 Å². The van der Waals surface area contributed by atoms with Gasteiger partial charge in [-0.15, -0.1) is 12.6 Å². The number of thiol groups is 1. The van der Waals surface area contributed by atoms with Crippen molar-refractivity contribution in [2.75, 3.05) is 0 Å². The van der Waals surface area contributed by atoms with Gasteiger partial charge >= 0.3 is 5.97 Å². The van der Waals surface area contributed by atoms with E-state index in [1.165, 1.54) is 13.0 Å². The number of fused-ring (bicyclic) bond motifs is 5. The number of rotatable bonds is 3. The third-order valence-corrected chi connectivity index (χ3v) is 9.55. The maximum absolute atomic E-state index is 17.1. The first-order valence-electron chi connectivity index (χ1n) is 11.2. The Balaban J connectivity index is 1.84. The topological polar surface area (TPSA) is 80.7 Å². The van der Waals surface area contributed by atoms with Crippen LogP contribution in [0.5, 0.6) is 0 Å². The van der Waals surface area contributed by atoms with Crippen LogP contribution in [0.2, 0.25) is 0 Å². The van der Waals surface area contributed by atoms with Crippen molar-refractivity contribution in [3.8, 4) is 0 Å². The first kappa shape index (κ1) is 23.5. The molecule has 5 nitrogen and oxygen atoms in total. The van der Waals surface area contributed by atoms with Crippen LogP contribution in [0, 0.1) is 28.6 Å². The van der Waals surface area contributed by atoms with Gasteiger partial charge in [0.05, 0.1) is 5.41 Å². The minimum absolute atomic E-state index is 0.0233. The minimum Gasteiger partial charge on any atom is -0.508 e. The van der Waals surface area contributed by atoms with Crippen LogP contribution in [0.3, 0.4) is 0 Å². The Hall–Kier alpha value is -1.70. The summed E-state index contributed by atoms with van der Waals surface area (Å²) in [5.41, 5.74) is -6.28. The smallest absolute Gasteiger partial charge is 0.306 e. The zero-order valence-electron chi connectivity index (χ0n) is 18.8. The SMILES string of the molecule is CCC(=O)OC1(C(=O)S)C(C)C[C@H]2[C@@H]3CC(F)C4=CC(O)=CC(=O)[C@]4(C)[C@@]3(F)CC[C@@]21C. The number of carbonyl (C=O) groups excluding carboxylic acids is 3. The van der Waals surface area contributed by atoms with E-state index < -0.39 is 62.9 Å². The van der Waals surface area contributed by atoms with Crippen LogP contribution in [0.1, 0.15) is 59.8 Å². The van der Waals surface area contributed by atoms with Crippen molar-refractivity contribution < 1.29 is 33.0 Å². The second-order valence-electron chi connectivity index (χ2n) is 10.4. The number of allylic oxidation sites excluding steroid dienone is 3. The highest BCUT2D eigenvalue weighted by atomic mass is 32.1. The molecule has 0 aromatic rings. The number of ketones is 1. The minimum atomic E-state index is -2.05. The summed E-state index contributed by atoms with van der Waals surface area (Å²) in [6, 6.07) is 0. The number of halogens is 2. The number of alkyl halides is 2. The molecule has 3 unspecified atom stereocenters. The Morgan fingerprint density at radius 1 is 1.22 bits per heavy atom. The first-order valence-corrected chi connectivity index (χ1v) is 11.7. The molecule has 1 N–H and O–H groups in total. The average Bonchev–Trinajstić information content (AvgIpc) is 2.94. The summed E-state index contributed by atoms with van der Waals surface area (Å²) >= 11 is 4.11. The summed E-state index contributed by atoms with van der Waals surface area (Å²) in [6.07, 6.45) is 0.902. The lowest BCUT2D eigenvalue weighted by molar-refractivity contribution is -0.202. The molecule has 3 saturated carbocycles. The van der Waals surface area contributed by atoms with Gasteiger partial charge in [-0.3, -0.25) is 14.4 Å². The highest BCUT2D eigenvalue weighted by Gasteiger charge is 2.76. The van der Waals surface area contributed by atoms with E-state index in [-0.39, 0.29) is 37.0 Å². The molecule has 32 heavy (non-hydrogen) atoms. The highest BCUT2D eigenvalue weighted by molar-refractivity contribution is 7.96. The Morgan fingerprint density at radius 2 is 1.88 bits per heavy atom. The third-order valence-electron chi connectivity index (χ3n) is 9.21. The molecule has 176 valence electrons. The monoisotopic (exact) mass is 468 g/mol. The van der Waals surface area contributed by atoms with Crippen molar-refractivity contribution in [2.45, 2.75) is 77.2 Å². The molecule has 0 radical (unpaired) electrons. The van der Waals surface area contributed by atoms with Gasteiger partial charge in [0.1, 0.15) is 17.6 Å². The van der Waals surface area contributed by atoms with Gasteiger partial charge in [0.15, 0.2) is 11.4 Å². The zero-order valence-corrected chi connectivity index (χ0v) is 19.7. The van der Waals surface area contributed by atoms with Gasteiger partial charge in [0, 0.05) is 29.7 Å². The number of carbonyl (C=O) groups is 3. The van der Waals surface area contributed by atoms with Crippen molar-refractivity contribution >= 4 is 29.5 Å². The second kappa shape index (κ2) is 7.15. The van der Waals surface area contributed by atoms with Crippen LogP contribution in [-0.2, 0) is 19.1 Å². The van der Waals surface area contributed by atoms with Crippen LogP contribution in [-0.4, -0.2) is 39.4 Å². The van der Waals surface area contributed by atoms with Crippen LogP contribution in [0.25, 0.3) is 0 Å². The van der Waals surface area contributed by atoms with Gasteiger partial charge in [0.2, 0.25) is 5.12 Å². The van der Waals surface area contributed by atoms with E-state index in [2.05, 4.69) is 12.6 Å².